The molecule has 0 fully saturated rings. The Labute approximate surface area is 111 Å². The van der Waals surface area contributed by atoms with E-state index in [0.29, 0.717) is 19.5 Å². The van der Waals surface area contributed by atoms with E-state index in [-0.39, 0.29) is 11.6 Å². The average Bonchev–Trinajstić information content (AvgIpc) is 2.73. The third kappa shape index (κ3) is 3.24. The highest BCUT2D eigenvalue weighted by atomic mass is 16.2. The summed E-state index contributed by atoms with van der Waals surface area (Å²) in [5.74, 6) is 0.0507. The van der Waals surface area contributed by atoms with Gasteiger partial charge in [0.2, 0.25) is 5.91 Å². The second-order valence-corrected chi connectivity index (χ2v) is 4.55. The zero-order valence-corrected chi connectivity index (χ0v) is 11.1. The summed E-state index contributed by atoms with van der Waals surface area (Å²) in [5, 5.41) is 2.84. The van der Waals surface area contributed by atoms with Gasteiger partial charge in [-0.25, -0.2) is 4.79 Å². The van der Waals surface area contributed by atoms with Crippen molar-refractivity contribution in [3.8, 4) is 0 Å². The predicted molar refractivity (Wildman–Crippen MR) is 75.1 cm³/mol. The SMILES string of the molecule is CCCCC(=O)NCCn1c(=O)[nH]c2ccccc21. The normalized spacial score (nSPS) is 10.8. The molecular formula is C14H19N3O2. The minimum atomic E-state index is -0.135. The third-order valence-corrected chi connectivity index (χ3v) is 3.10. The number of amides is 1. The average molecular weight is 261 g/mol. The van der Waals surface area contributed by atoms with Crippen LogP contribution in [0.3, 0.4) is 0 Å². The van der Waals surface area contributed by atoms with Gasteiger partial charge in [-0.3, -0.25) is 9.36 Å². The van der Waals surface area contributed by atoms with Crippen molar-refractivity contribution in [1.29, 1.82) is 0 Å². The maximum Gasteiger partial charge on any atom is 0.326 e. The lowest BCUT2D eigenvalue weighted by atomic mass is 10.2. The topological polar surface area (TPSA) is 66.9 Å². The Morgan fingerprint density at radius 3 is 2.95 bits per heavy atom. The van der Waals surface area contributed by atoms with Crippen molar-refractivity contribution in [2.24, 2.45) is 0 Å². The molecule has 0 bridgehead atoms. The summed E-state index contributed by atoms with van der Waals surface area (Å²) in [5.41, 5.74) is 1.56. The van der Waals surface area contributed by atoms with Gasteiger partial charge in [0.1, 0.15) is 0 Å². The highest BCUT2D eigenvalue weighted by Crippen LogP contribution is 2.08. The van der Waals surface area contributed by atoms with E-state index >= 15 is 0 Å². The third-order valence-electron chi connectivity index (χ3n) is 3.10. The highest BCUT2D eigenvalue weighted by Gasteiger charge is 2.06. The number of benzene rings is 1. The van der Waals surface area contributed by atoms with E-state index in [1.165, 1.54) is 0 Å². The summed E-state index contributed by atoms with van der Waals surface area (Å²) in [6.45, 7) is 3.02. The molecule has 2 N–H and O–H groups in total. The second kappa shape index (κ2) is 6.22. The van der Waals surface area contributed by atoms with Crippen LogP contribution < -0.4 is 11.0 Å². The predicted octanol–water partition coefficient (Wildman–Crippen LogP) is 1.64. The van der Waals surface area contributed by atoms with Crippen LogP contribution in [0.2, 0.25) is 0 Å². The van der Waals surface area contributed by atoms with Gasteiger partial charge < -0.3 is 10.3 Å². The first-order valence-corrected chi connectivity index (χ1v) is 6.66. The number of nitrogens with zero attached hydrogens (tertiary/aromatic N) is 1. The quantitative estimate of drug-likeness (QED) is 0.830. The van der Waals surface area contributed by atoms with Gasteiger partial charge in [0.15, 0.2) is 0 Å². The summed E-state index contributed by atoms with van der Waals surface area (Å²) < 4.78 is 1.65. The largest absolute Gasteiger partial charge is 0.354 e. The fraction of sp³-hybridized carbons (Fsp3) is 0.429. The van der Waals surface area contributed by atoms with Crippen LogP contribution in [0.4, 0.5) is 0 Å². The van der Waals surface area contributed by atoms with E-state index in [4.69, 9.17) is 0 Å². The monoisotopic (exact) mass is 261 g/mol. The van der Waals surface area contributed by atoms with Gasteiger partial charge in [-0.2, -0.15) is 0 Å². The molecule has 0 unspecified atom stereocenters. The standard InChI is InChI=1S/C14H19N3O2/c1-2-3-8-13(18)15-9-10-17-12-7-5-4-6-11(12)16-14(17)19/h4-7H,2-3,8-10H2,1H3,(H,15,18)(H,16,19). The molecule has 0 aliphatic heterocycles. The molecule has 0 aliphatic carbocycles. The number of nitrogens with one attached hydrogen (secondary N) is 2. The number of unbranched alkanes of at least 4 members (excludes halogenated alkanes) is 1. The number of fused-ring (bicyclic) bond motifs is 1. The first-order chi connectivity index (χ1) is 9.22. The molecule has 0 atom stereocenters. The Bertz CT molecular complexity index is 612. The van der Waals surface area contributed by atoms with Crippen LogP contribution >= 0.6 is 0 Å². The smallest absolute Gasteiger partial charge is 0.326 e. The number of carbonyl (C=O) groups excluding carboxylic acids is 1. The molecule has 0 radical (unpaired) electrons. The van der Waals surface area contributed by atoms with E-state index < -0.39 is 0 Å². The van der Waals surface area contributed by atoms with E-state index in [2.05, 4.69) is 17.2 Å². The summed E-state index contributed by atoms with van der Waals surface area (Å²) in [4.78, 5) is 26.0. The highest BCUT2D eigenvalue weighted by molar-refractivity contribution is 5.76. The van der Waals surface area contributed by atoms with E-state index in [9.17, 15) is 9.59 Å². The van der Waals surface area contributed by atoms with Gasteiger partial charge in [-0.1, -0.05) is 25.5 Å². The van der Waals surface area contributed by atoms with Crippen LogP contribution in [0.5, 0.6) is 0 Å². The number of H-pyrrole nitrogens is 1. The van der Waals surface area contributed by atoms with Gasteiger partial charge in [0, 0.05) is 19.5 Å². The molecule has 1 aromatic carbocycles. The van der Waals surface area contributed by atoms with Crippen LogP contribution in [0.1, 0.15) is 26.2 Å². The number of rotatable bonds is 6. The Kier molecular flexibility index (Phi) is 4.39. The molecule has 0 saturated heterocycles. The molecule has 5 heteroatoms. The lowest BCUT2D eigenvalue weighted by Gasteiger charge is -2.06. The number of imidazole rings is 1. The molecule has 2 aromatic rings. The number of carbonyl (C=O) groups is 1. The molecule has 1 heterocycles. The zero-order valence-electron chi connectivity index (χ0n) is 11.1. The Hall–Kier alpha value is -2.04. The van der Waals surface area contributed by atoms with Crippen LogP contribution in [0, 0.1) is 0 Å². The molecular weight excluding hydrogens is 242 g/mol. The minimum absolute atomic E-state index is 0.0507. The van der Waals surface area contributed by atoms with E-state index in [1.807, 2.05) is 24.3 Å². The molecule has 2 rings (SSSR count). The van der Waals surface area contributed by atoms with Crippen molar-refractivity contribution in [2.75, 3.05) is 6.54 Å². The maximum atomic E-state index is 11.8. The van der Waals surface area contributed by atoms with Crippen LogP contribution in [-0.4, -0.2) is 22.0 Å². The summed E-state index contributed by atoms with van der Waals surface area (Å²) in [6.07, 6.45) is 2.47. The van der Waals surface area contributed by atoms with Crippen molar-refractivity contribution in [3.63, 3.8) is 0 Å². The van der Waals surface area contributed by atoms with Crippen molar-refractivity contribution in [1.82, 2.24) is 14.9 Å². The van der Waals surface area contributed by atoms with Crippen molar-refractivity contribution in [3.05, 3.63) is 34.7 Å². The zero-order chi connectivity index (χ0) is 13.7. The molecule has 1 aromatic heterocycles. The molecule has 1 amide bonds. The Morgan fingerprint density at radius 1 is 1.37 bits per heavy atom. The van der Waals surface area contributed by atoms with E-state index in [0.717, 1.165) is 23.9 Å². The molecule has 5 nitrogen and oxygen atoms in total. The Morgan fingerprint density at radius 2 is 2.16 bits per heavy atom. The molecule has 0 spiro atoms. The van der Waals surface area contributed by atoms with Crippen LogP contribution in [0.25, 0.3) is 11.0 Å². The van der Waals surface area contributed by atoms with Gasteiger partial charge >= 0.3 is 5.69 Å². The Balaban J connectivity index is 1.97. The molecule has 0 aliphatic rings. The summed E-state index contributed by atoms with van der Waals surface area (Å²) in [7, 11) is 0. The molecule has 0 saturated carbocycles. The fourth-order valence-electron chi connectivity index (χ4n) is 2.06. The van der Waals surface area contributed by atoms with Gasteiger partial charge in [-0.05, 0) is 18.6 Å². The summed E-state index contributed by atoms with van der Waals surface area (Å²) >= 11 is 0. The first kappa shape index (κ1) is 13.4. The maximum absolute atomic E-state index is 11.8. The number of para-hydroxylation sites is 2. The minimum Gasteiger partial charge on any atom is -0.354 e. The van der Waals surface area contributed by atoms with Crippen LogP contribution in [0.15, 0.2) is 29.1 Å². The van der Waals surface area contributed by atoms with Gasteiger partial charge in [0.25, 0.3) is 0 Å². The van der Waals surface area contributed by atoms with Crippen molar-refractivity contribution in [2.45, 2.75) is 32.7 Å². The fourth-order valence-corrected chi connectivity index (χ4v) is 2.06. The number of aromatic nitrogens is 2. The lowest BCUT2D eigenvalue weighted by Crippen LogP contribution is -2.29. The van der Waals surface area contributed by atoms with Gasteiger partial charge in [0.05, 0.1) is 11.0 Å². The van der Waals surface area contributed by atoms with Crippen molar-refractivity contribution < 1.29 is 4.79 Å². The number of hydrogen-bond donors (Lipinski definition) is 2. The van der Waals surface area contributed by atoms with E-state index in [1.54, 1.807) is 4.57 Å². The molecule has 19 heavy (non-hydrogen) atoms. The number of aromatic amines is 1. The van der Waals surface area contributed by atoms with Gasteiger partial charge in [-0.15, -0.1) is 0 Å². The lowest BCUT2D eigenvalue weighted by molar-refractivity contribution is -0.121. The number of hydrogen-bond acceptors (Lipinski definition) is 2. The molecule has 102 valence electrons. The first-order valence-electron chi connectivity index (χ1n) is 6.66. The summed E-state index contributed by atoms with van der Waals surface area (Å²) in [6, 6.07) is 7.54. The van der Waals surface area contributed by atoms with Crippen LogP contribution in [-0.2, 0) is 11.3 Å². The van der Waals surface area contributed by atoms with Crippen molar-refractivity contribution >= 4 is 16.9 Å². The second-order valence-electron chi connectivity index (χ2n) is 4.55.